The summed E-state index contributed by atoms with van der Waals surface area (Å²) in [7, 11) is -2.26. The summed E-state index contributed by atoms with van der Waals surface area (Å²) in [4.78, 5) is 0. The molecule has 1 unspecified atom stereocenters. The minimum absolute atomic E-state index is 0.107. The van der Waals surface area contributed by atoms with Crippen LogP contribution >= 0.6 is 0 Å². The maximum absolute atomic E-state index is 6.22. The highest BCUT2D eigenvalue weighted by atomic mass is 28.4. The largest absolute Gasteiger partial charge is 0.551 e. The summed E-state index contributed by atoms with van der Waals surface area (Å²) in [5.41, 5.74) is -0.675. The Morgan fingerprint density at radius 2 is 1.48 bits per heavy atom. The second kappa shape index (κ2) is 5.73. The molecule has 0 saturated carbocycles. The normalized spacial score (nSPS) is 22.7. The smallest absolute Gasteiger partial charge is 0.404 e. The Kier molecular flexibility index (Phi) is 5.12. The summed E-state index contributed by atoms with van der Waals surface area (Å²) in [6.45, 7) is 21.3. The first-order valence-corrected chi connectivity index (χ1v) is 10.6. The fraction of sp³-hybridized carbons (Fsp3) is 0.875. The molecule has 0 aromatic heterocycles. The lowest BCUT2D eigenvalue weighted by Gasteiger charge is -2.37. The van der Waals surface area contributed by atoms with E-state index in [4.69, 9.17) is 13.7 Å². The molecule has 0 aromatic carbocycles. The molecule has 120 valence electrons. The highest BCUT2D eigenvalue weighted by Crippen LogP contribution is 2.38. The van der Waals surface area contributed by atoms with Gasteiger partial charge in [0.25, 0.3) is 0 Å². The van der Waals surface area contributed by atoms with Crippen molar-refractivity contribution in [2.45, 2.75) is 90.8 Å². The number of rotatable bonds is 2. The van der Waals surface area contributed by atoms with Crippen molar-refractivity contribution in [3.8, 4) is 11.7 Å². The third-order valence-electron chi connectivity index (χ3n) is 4.94. The van der Waals surface area contributed by atoms with E-state index in [9.17, 15) is 0 Å². The standard InChI is InChI=1S/C16H31BO3Si/c1-13(18-21(9,10)14(2,3)4)11-12-17-19-15(5,6)16(7,8)20-17/h13H,1-10H3. The predicted molar refractivity (Wildman–Crippen MR) is 91.6 cm³/mol. The average Bonchev–Trinajstić information content (AvgIpc) is 2.42. The third-order valence-corrected chi connectivity index (χ3v) is 9.49. The Labute approximate surface area is 132 Å². The van der Waals surface area contributed by atoms with Gasteiger partial charge < -0.3 is 13.7 Å². The first-order chi connectivity index (χ1) is 9.18. The first kappa shape index (κ1) is 18.8. The summed E-state index contributed by atoms with van der Waals surface area (Å²) in [5.74, 6) is 6.21. The molecule has 1 fully saturated rings. The highest BCUT2D eigenvalue weighted by Gasteiger charge is 2.50. The van der Waals surface area contributed by atoms with Gasteiger partial charge in [-0.05, 0) is 52.8 Å². The van der Waals surface area contributed by atoms with Crippen molar-refractivity contribution in [3.05, 3.63) is 0 Å². The van der Waals surface area contributed by atoms with Crippen LogP contribution in [-0.4, -0.2) is 32.7 Å². The summed E-state index contributed by atoms with van der Waals surface area (Å²) in [6, 6.07) is 0. The van der Waals surface area contributed by atoms with Crippen LogP contribution in [0.5, 0.6) is 0 Å². The van der Waals surface area contributed by atoms with Crippen molar-refractivity contribution in [1.82, 2.24) is 0 Å². The first-order valence-electron chi connectivity index (χ1n) is 7.72. The molecule has 1 atom stereocenters. The van der Waals surface area contributed by atoms with Crippen molar-refractivity contribution < 1.29 is 13.7 Å². The Balaban J connectivity index is 2.69. The van der Waals surface area contributed by atoms with Gasteiger partial charge in [0.1, 0.15) is 6.10 Å². The third kappa shape index (κ3) is 4.35. The summed E-state index contributed by atoms with van der Waals surface area (Å²) in [5, 5.41) is 0.188. The molecule has 1 aliphatic rings. The van der Waals surface area contributed by atoms with Gasteiger partial charge in [-0.2, -0.15) is 0 Å². The second-order valence-electron chi connectivity index (χ2n) is 8.40. The second-order valence-corrected chi connectivity index (χ2v) is 13.2. The van der Waals surface area contributed by atoms with E-state index in [1.54, 1.807) is 0 Å². The molecular weight excluding hydrogens is 279 g/mol. The van der Waals surface area contributed by atoms with Gasteiger partial charge in [0.05, 0.1) is 11.2 Å². The SMILES string of the molecule is CC(C#CB1OC(C)(C)C(C)(C)O1)O[Si](C)(C)C(C)(C)C. The van der Waals surface area contributed by atoms with E-state index in [1.165, 1.54) is 0 Å². The lowest BCUT2D eigenvalue weighted by atomic mass is 9.90. The van der Waals surface area contributed by atoms with Crippen LogP contribution in [0.1, 0.15) is 55.4 Å². The molecule has 0 aromatic rings. The zero-order valence-corrected chi connectivity index (χ0v) is 16.4. The fourth-order valence-electron chi connectivity index (χ4n) is 1.74. The lowest BCUT2D eigenvalue weighted by molar-refractivity contribution is 0.00578. The van der Waals surface area contributed by atoms with Gasteiger partial charge in [-0.3, -0.25) is 0 Å². The molecule has 1 saturated heterocycles. The summed E-state index contributed by atoms with van der Waals surface area (Å²) < 4.78 is 18.0. The zero-order chi connectivity index (χ0) is 16.7. The molecule has 5 heteroatoms. The molecule has 0 N–H and O–H groups in total. The van der Waals surface area contributed by atoms with E-state index in [1.807, 2.05) is 34.6 Å². The number of hydrogen-bond donors (Lipinski definition) is 0. The molecule has 0 bridgehead atoms. The van der Waals surface area contributed by atoms with E-state index in [0.29, 0.717) is 0 Å². The maximum atomic E-state index is 6.22. The maximum Gasteiger partial charge on any atom is 0.551 e. The Bertz CT molecular complexity index is 425. The Morgan fingerprint density at radius 3 is 1.86 bits per heavy atom. The van der Waals surface area contributed by atoms with Crippen LogP contribution in [0.15, 0.2) is 0 Å². The van der Waals surface area contributed by atoms with Crippen molar-refractivity contribution in [3.63, 3.8) is 0 Å². The molecule has 21 heavy (non-hydrogen) atoms. The van der Waals surface area contributed by atoms with E-state index < -0.39 is 15.4 Å². The van der Waals surface area contributed by atoms with Gasteiger partial charge in [0.2, 0.25) is 0 Å². The zero-order valence-electron chi connectivity index (χ0n) is 15.4. The molecular formula is C16H31BO3Si. The molecule has 1 aliphatic heterocycles. The van der Waals surface area contributed by atoms with Crippen molar-refractivity contribution in [2.75, 3.05) is 0 Å². The van der Waals surface area contributed by atoms with Gasteiger partial charge in [-0.15, -0.1) is 0 Å². The highest BCUT2D eigenvalue weighted by molar-refractivity contribution is 6.74. The van der Waals surface area contributed by atoms with Crippen LogP contribution < -0.4 is 0 Å². The van der Waals surface area contributed by atoms with Crippen LogP contribution in [0.2, 0.25) is 18.1 Å². The Morgan fingerprint density at radius 1 is 1.05 bits per heavy atom. The molecule has 3 nitrogen and oxygen atoms in total. The summed E-state index contributed by atoms with van der Waals surface area (Å²) >= 11 is 0. The van der Waals surface area contributed by atoms with E-state index in [0.717, 1.165) is 0 Å². The minimum atomic E-state index is -1.79. The van der Waals surface area contributed by atoms with E-state index >= 15 is 0 Å². The molecule has 1 heterocycles. The Hall–Kier alpha value is -0.278. The molecule has 0 aliphatic carbocycles. The van der Waals surface area contributed by atoms with E-state index in [2.05, 4.69) is 45.6 Å². The van der Waals surface area contributed by atoms with Gasteiger partial charge in [0, 0.05) is 0 Å². The van der Waals surface area contributed by atoms with Gasteiger partial charge >= 0.3 is 7.12 Å². The summed E-state index contributed by atoms with van der Waals surface area (Å²) in [6.07, 6.45) is -0.107. The van der Waals surface area contributed by atoms with Crippen molar-refractivity contribution in [1.29, 1.82) is 0 Å². The minimum Gasteiger partial charge on any atom is -0.404 e. The van der Waals surface area contributed by atoms with Gasteiger partial charge in [0.15, 0.2) is 8.32 Å². The van der Waals surface area contributed by atoms with E-state index in [-0.39, 0.29) is 22.3 Å². The molecule has 0 spiro atoms. The quantitative estimate of drug-likeness (QED) is 0.569. The average molecular weight is 310 g/mol. The van der Waals surface area contributed by atoms with Crippen LogP contribution in [0, 0.1) is 11.7 Å². The van der Waals surface area contributed by atoms with Crippen molar-refractivity contribution >= 4 is 15.4 Å². The van der Waals surface area contributed by atoms with Crippen LogP contribution in [0.3, 0.4) is 0 Å². The lowest BCUT2D eigenvalue weighted by Crippen LogP contribution is -2.43. The molecule has 1 rings (SSSR count). The van der Waals surface area contributed by atoms with Crippen LogP contribution in [0.4, 0.5) is 0 Å². The monoisotopic (exact) mass is 310 g/mol. The van der Waals surface area contributed by atoms with Crippen LogP contribution in [0.25, 0.3) is 0 Å². The number of hydrogen-bond acceptors (Lipinski definition) is 3. The van der Waals surface area contributed by atoms with Crippen molar-refractivity contribution in [2.24, 2.45) is 0 Å². The molecule has 0 amide bonds. The predicted octanol–water partition coefficient (Wildman–Crippen LogP) is 4.03. The topological polar surface area (TPSA) is 27.7 Å². The van der Waals surface area contributed by atoms with Gasteiger partial charge in [-0.1, -0.05) is 32.5 Å². The fourth-order valence-corrected chi connectivity index (χ4v) is 3.03. The molecule has 0 radical (unpaired) electrons. The van der Waals surface area contributed by atoms with Gasteiger partial charge in [-0.25, -0.2) is 0 Å². The van der Waals surface area contributed by atoms with Crippen LogP contribution in [-0.2, 0) is 13.7 Å².